The zero-order valence-corrected chi connectivity index (χ0v) is 6.65. The summed E-state index contributed by atoms with van der Waals surface area (Å²) in [6.07, 6.45) is -3.28. The zero-order chi connectivity index (χ0) is 8.48. The molecule has 12 heavy (non-hydrogen) atoms. The van der Waals surface area contributed by atoms with Gasteiger partial charge in [0.25, 0.3) is 0 Å². The van der Waals surface area contributed by atoms with E-state index >= 15 is 0 Å². The van der Waals surface area contributed by atoms with E-state index in [0.717, 1.165) is 6.26 Å². The maximum Gasteiger partial charge on any atom is 0.410 e. The van der Waals surface area contributed by atoms with Crippen LogP contribution in [0.5, 0.6) is 0 Å². The third kappa shape index (κ3) is 2.42. The molecule has 70 valence electrons. The van der Waals surface area contributed by atoms with Crippen molar-refractivity contribution in [3.05, 3.63) is 24.2 Å². The van der Waals surface area contributed by atoms with Gasteiger partial charge in [0.15, 0.2) is 6.04 Å². The highest BCUT2D eigenvalue weighted by Gasteiger charge is 2.39. The Morgan fingerprint density at radius 3 is 2.33 bits per heavy atom. The first kappa shape index (κ1) is 11.3. The van der Waals surface area contributed by atoms with Crippen LogP contribution in [-0.2, 0) is 0 Å². The van der Waals surface area contributed by atoms with E-state index in [1.54, 1.807) is 0 Å². The lowest BCUT2D eigenvalue weighted by Crippen LogP contribution is -2.27. The van der Waals surface area contributed by atoms with Crippen molar-refractivity contribution in [3.63, 3.8) is 0 Å². The summed E-state index contributed by atoms with van der Waals surface area (Å²) in [4.78, 5) is 0. The molecular weight excluding hydrogens is 195 g/mol. The Morgan fingerprint density at radius 1 is 1.42 bits per heavy atom. The normalized spacial score (nSPS) is 13.7. The van der Waals surface area contributed by atoms with Crippen molar-refractivity contribution in [1.29, 1.82) is 0 Å². The lowest BCUT2D eigenvalue weighted by atomic mass is 10.2. The van der Waals surface area contributed by atoms with Crippen molar-refractivity contribution in [2.24, 2.45) is 5.73 Å². The second kappa shape index (κ2) is 3.82. The fourth-order valence-electron chi connectivity index (χ4n) is 0.630. The molecule has 0 amide bonds. The Balaban J connectivity index is 0.00000121. The second-order valence-electron chi connectivity index (χ2n) is 2.03. The molecule has 0 aliphatic heterocycles. The van der Waals surface area contributed by atoms with E-state index in [1.165, 1.54) is 12.1 Å². The number of alkyl halides is 3. The van der Waals surface area contributed by atoms with Gasteiger partial charge in [-0.25, -0.2) is 0 Å². The summed E-state index contributed by atoms with van der Waals surface area (Å²) < 4.78 is 40.0. The molecule has 0 aromatic carbocycles. The van der Waals surface area contributed by atoms with E-state index in [2.05, 4.69) is 4.42 Å². The fourth-order valence-corrected chi connectivity index (χ4v) is 0.630. The number of hydrogen-bond acceptors (Lipinski definition) is 2. The van der Waals surface area contributed by atoms with Crippen molar-refractivity contribution >= 4 is 12.4 Å². The molecule has 0 bridgehead atoms. The largest absolute Gasteiger partial charge is 0.467 e. The van der Waals surface area contributed by atoms with E-state index in [9.17, 15) is 13.2 Å². The van der Waals surface area contributed by atoms with Crippen LogP contribution in [0, 0.1) is 0 Å². The van der Waals surface area contributed by atoms with Gasteiger partial charge in [0.2, 0.25) is 0 Å². The number of rotatable bonds is 1. The van der Waals surface area contributed by atoms with Crippen LogP contribution in [0.25, 0.3) is 0 Å². The van der Waals surface area contributed by atoms with Crippen LogP contribution in [-0.4, -0.2) is 6.18 Å². The molecule has 6 heteroatoms. The highest BCUT2D eigenvalue weighted by molar-refractivity contribution is 5.85. The molecule has 1 aromatic heterocycles. The van der Waals surface area contributed by atoms with Gasteiger partial charge in [0, 0.05) is 0 Å². The third-order valence-electron chi connectivity index (χ3n) is 1.20. The Hall–Kier alpha value is -0.680. The predicted molar refractivity (Wildman–Crippen MR) is 38.9 cm³/mol. The number of nitrogens with two attached hydrogens (primary N) is 1. The summed E-state index contributed by atoms with van der Waals surface area (Å²) in [6.45, 7) is 0. The fraction of sp³-hybridized carbons (Fsp3) is 0.333. The van der Waals surface area contributed by atoms with Gasteiger partial charge in [0.05, 0.1) is 6.26 Å². The first-order valence-corrected chi connectivity index (χ1v) is 2.87. The average Bonchev–Trinajstić information content (AvgIpc) is 2.34. The quantitative estimate of drug-likeness (QED) is 0.757. The van der Waals surface area contributed by atoms with E-state index in [0.29, 0.717) is 0 Å². The molecule has 0 fully saturated rings. The van der Waals surface area contributed by atoms with Crippen molar-refractivity contribution in [2.45, 2.75) is 12.2 Å². The summed E-state index contributed by atoms with van der Waals surface area (Å²) in [6, 6.07) is 0.538. The average molecular weight is 202 g/mol. The molecule has 1 unspecified atom stereocenters. The van der Waals surface area contributed by atoms with Crippen LogP contribution in [0.1, 0.15) is 11.8 Å². The topological polar surface area (TPSA) is 39.2 Å². The highest BCUT2D eigenvalue weighted by Crippen LogP contribution is 2.30. The summed E-state index contributed by atoms with van der Waals surface area (Å²) in [7, 11) is 0. The highest BCUT2D eigenvalue weighted by atomic mass is 35.5. The summed E-state index contributed by atoms with van der Waals surface area (Å²) in [5.74, 6) is -0.266. The first-order chi connectivity index (χ1) is 5.02. The van der Waals surface area contributed by atoms with Gasteiger partial charge in [-0.3, -0.25) is 0 Å². The van der Waals surface area contributed by atoms with Gasteiger partial charge in [0.1, 0.15) is 5.76 Å². The summed E-state index contributed by atoms with van der Waals surface area (Å²) >= 11 is 0. The molecule has 0 aliphatic rings. The summed E-state index contributed by atoms with van der Waals surface area (Å²) in [5, 5.41) is 0. The molecule has 0 radical (unpaired) electrons. The third-order valence-corrected chi connectivity index (χ3v) is 1.20. The minimum atomic E-state index is -4.43. The first-order valence-electron chi connectivity index (χ1n) is 2.87. The molecule has 0 aliphatic carbocycles. The van der Waals surface area contributed by atoms with Crippen LogP contribution in [0.3, 0.4) is 0 Å². The Labute approximate surface area is 72.9 Å². The van der Waals surface area contributed by atoms with Gasteiger partial charge < -0.3 is 10.2 Å². The van der Waals surface area contributed by atoms with Crippen molar-refractivity contribution < 1.29 is 17.6 Å². The number of furan rings is 1. The maximum atomic E-state index is 11.8. The van der Waals surface area contributed by atoms with Gasteiger partial charge in [-0.05, 0) is 12.1 Å². The maximum absolute atomic E-state index is 11.8. The Bertz CT molecular complexity index is 221. The molecule has 0 spiro atoms. The monoisotopic (exact) mass is 201 g/mol. The molecule has 0 saturated carbocycles. The smallest absolute Gasteiger partial charge is 0.410 e. The van der Waals surface area contributed by atoms with Crippen LogP contribution in [0.2, 0.25) is 0 Å². The Morgan fingerprint density at radius 2 is 2.00 bits per heavy atom. The van der Waals surface area contributed by atoms with E-state index in [4.69, 9.17) is 5.73 Å². The van der Waals surface area contributed by atoms with E-state index in [-0.39, 0.29) is 18.2 Å². The molecule has 0 saturated heterocycles. The van der Waals surface area contributed by atoms with Crippen LogP contribution >= 0.6 is 12.4 Å². The van der Waals surface area contributed by atoms with Crippen LogP contribution in [0.15, 0.2) is 22.8 Å². The SMILES string of the molecule is Cl.NC(c1ccco1)C(F)(F)F. The minimum absolute atomic E-state index is 0. The molecule has 2 nitrogen and oxygen atoms in total. The van der Waals surface area contributed by atoms with Gasteiger partial charge in [-0.15, -0.1) is 12.4 Å². The molecule has 1 heterocycles. The van der Waals surface area contributed by atoms with Crippen molar-refractivity contribution in [2.75, 3.05) is 0 Å². The second-order valence-corrected chi connectivity index (χ2v) is 2.03. The Kier molecular flexibility index (Phi) is 3.60. The lowest BCUT2D eigenvalue weighted by molar-refractivity contribution is -0.152. The summed E-state index contributed by atoms with van der Waals surface area (Å²) in [5.41, 5.74) is 4.80. The molecule has 1 aromatic rings. The molecule has 2 N–H and O–H groups in total. The van der Waals surface area contributed by atoms with Gasteiger partial charge in [-0.1, -0.05) is 0 Å². The van der Waals surface area contributed by atoms with Gasteiger partial charge in [-0.2, -0.15) is 13.2 Å². The standard InChI is InChI=1S/C6H6F3NO.ClH/c7-6(8,9)5(10)4-2-1-3-11-4;/h1-3,5H,10H2;1H. The van der Waals surface area contributed by atoms with E-state index < -0.39 is 12.2 Å². The van der Waals surface area contributed by atoms with Crippen LogP contribution < -0.4 is 5.73 Å². The predicted octanol–water partition coefficient (Wildman–Crippen LogP) is 2.26. The molecular formula is C6H7ClF3NO. The molecule has 1 rings (SSSR count). The number of halogens is 4. The number of hydrogen-bond donors (Lipinski definition) is 1. The van der Waals surface area contributed by atoms with E-state index in [1.807, 2.05) is 0 Å². The van der Waals surface area contributed by atoms with Crippen LogP contribution in [0.4, 0.5) is 13.2 Å². The zero-order valence-electron chi connectivity index (χ0n) is 5.84. The minimum Gasteiger partial charge on any atom is -0.467 e. The lowest BCUT2D eigenvalue weighted by Gasteiger charge is -2.11. The van der Waals surface area contributed by atoms with Gasteiger partial charge >= 0.3 is 6.18 Å². The molecule has 1 atom stereocenters. The van der Waals surface area contributed by atoms with Crippen molar-refractivity contribution in [3.8, 4) is 0 Å². The van der Waals surface area contributed by atoms with Crippen molar-refractivity contribution in [1.82, 2.24) is 0 Å².